The summed E-state index contributed by atoms with van der Waals surface area (Å²) in [7, 11) is -5.66. The summed E-state index contributed by atoms with van der Waals surface area (Å²) < 4.78 is 64.9. The zero-order valence-electron chi connectivity index (χ0n) is 13.1. The lowest BCUT2D eigenvalue weighted by Gasteiger charge is -2.38. The molecule has 1 aliphatic rings. The molecule has 1 aliphatic carbocycles. The highest BCUT2D eigenvalue weighted by Gasteiger charge is 2.38. The Balaban J connectivity index is 2.68. The number of hydrogen-bond donors (Lipinski definition) is 0. The van der Waals surface area contributed by atoms with E-state index in [-0.39, 0.29) is 26.1 Å². The van der Waals surface area contributed by atoms with Crippen LogP contribution in [0.3, 0.4) is 0 Å². The molecule has 0 radical (unpaired) electrons. The van der Waals surface area contributed by atoms with Crippen molar-refractivity contribution in [3.8, 4) is 0 Å². The molecule has 0 unspecified atom stereocenters. The minimum Gasteiger partial charge on any atom is -0.359 e. The lowest BCUT2D eigenvalue weighted by molar-refractivity contribution is -0.0996. The molecule has 22 heavy (non-hydrogen) atoms. The van der Waals surface area contributed by atoms with Crippen LogP contribution in [0.4, 0.5) is 0 Å². The molecule has 0 atom stereocenters. The van der Waals surface area contributed by atoms with Crippen LogP contribution in [0.1, 0.15) is 25.7 Å². The first-order valence-electron chi connectivity index (χ1n) is 6.85. The molecular formula is C12H24O8S2. The minimum atomic E-state index is -3.60. The number of rotatable bonds is 9. The zero-order chi connectivity index (χ0) is 16.9. The van der Waals surface area contributed by atoms with E-state index < -0.39 is 25.7 Å². The van der Waals surface area contributed by atoms with E-state index in [1.807, 2.05) is 0 Å². The molecule has 8 nitrogen and oxygen atoms in total. The molecule has 0 aliphatic heterocycles. The Bertz CT molecular complexity index is 493. The molecule has 0 aromatic heterocycles. The summed E-state index contributed by atoms with van der Waals surface area (Å²) in [5.41, 5.74) is -0.654. The summed E-state index contributed by atoms with van der Waals surface area (Å²) in [5.74, 6) is 0. The molecule has 132 valence electrons. The van der Waals surface area contributed by atoms with Gasteiger partial charge in [0.1, 0.15) is 6.79 Å². The van der Waals surface area contributed by atoms with Crippen molar-refractivity contribution in [3.05, 3.63) is 0 Å². The molecule has 0 aromatic carbocycles. The van der Waals surface area contributed by atoms with Gasteiger partial charge in [-0.1, -0.05) is 0 Å². The molecular weight excluding hydrogens is 336 g/mol. The zero-order valence-corrected chi connectivity index (χ0v) is 14.7. The highest BCUT2D eigenvalue weighted by molar-refractivity contribution is 7.86. The maximum absolute atomic E-state index is 11.2. The van der Waals surface area contributed by atoms with Gasteiger partial charge in [0.25, 0.3) is 20.2 Å². The first kappa shape index (κ1) is 19.8. The van der Waals surface area contributed by atoms with E-state index >= 15 is 0 Å². The monoisotopic (exact) mass is 360 g/mol. The van der Waals surface area contributed by atoms with Gasteiger partial charge in [-0.15, -0.1) is 0 Å². The summed E-state index contributed by atoms with van der Waals surface area (Å²) >= 11 is 0. The van der Waals surface area contributed by atoms with E-state index in [1.54, 1.807) is 0 Å². The van der Waals surface area contributed by atoms with Gasteiger partial charge in [-0.05, 0) is 25.7 Å². The fraction of sp³-hybridized carbons (Fsp3) is 1.00. The van der Waals surface area contributed by atoms with E-state index in [2.05, 4.69) is 0 Å². The summed E-state index contributed by atoms with van der Waals surface area (Å²) in [6.45, 7) is -0.00591. The lowest BCUT2D eigenvalue weighted by atomic mass is 9.74. The van der Waals surface area contributed by atoms with Gasteiger partial charge < -0.3 is 9.47 Å². The van der Waals surface area contributed by atoms with E-state index in [4.69, 9.17) is 17.8 Å². The van der Waals surface area contributed by atoms with Crippen LogP contribution in [0.2, 0.25) is 0 Å². The largest absolute Gasteiger partial charge is 0.359 e. The molecule has 0 saturated heterocycles. The summed E-state index contributed by atoms with van der Waals surface area (Å²) in [6.07, 6.45) is 4.34. The lowest BCUT2D eigenvalue weighted by Crippen LogP contribution is -2.39. The van der Waals surface area contributed by atoms with Gasteiger partial charge in [-0.25, -0.2) is 0 Å². The summed E-state index contributed by atoms with van der Waals surface area (Å²) in [5, 5.41) is 0. The fourth-order valence-corrected chi connectivity index (χ4v) is 3.26. The van der Waals surface area contributed by atoms with Crippen molar-refractivity contribution < 1.29 is 34.7 Å². The minimum absolute atomic E-state index is 0.00421. The van der Waals surface area contributed by atoms with Crippen molar-refractivity contribution in [2.45, 2.75) is 31.8 Å². The van der Waals surface area contributed by atoms with Gasteiger partial charge >= 0.3 is 0 Å². The van der Waals surface area contributed by atoms with Gasteiger partial charge in [0, 0.05) is 12.5 Å². The maximum atomic E-state index is 11.2. The second-order valence-electron chi connectivity index (χ2n) is 5.71. The topological polar surface area (TPSA) is 105 Å². The van der Waals surface area contributed by atoms with Gasteiger partial charge in [-0.2, -0.15) is 16.8 Å². The van der Waals surface area contributed by atoms with Crippen molar-refractivity contribution in [1.29, 1.82) is 0 Å². The Morgan fingerprint density at radius 3 is 1.77 bits per heavy atom. The molecule has 0 amide bonds. The van der Waals surface area contributed by atoms with Crippen molar-refractivity contribution in [2.75, 3.05) is 39.6 Å². The third-order valence-corrected chi connectivity index (χ3v) is 4.67. The molecule has 0 bridgehead atoms. The Labute approximate surface area is 132 Å². The average Bonchev–Trinajstić information content (AvgIpc) is 2.41. The predicted molar refractivity (Wildman–Crippen MR) is 79.2 cm³/mol. The van der Waals surface area contributed by atoms with E-state index in [0.717, 1.165) is 12.5 Å². The average molecular weight is 360 g/mol. The van der Waals surface area contributed by atoms with E-state index in [0.29, 0.717) is 25.7 Å². The molecule has 0 aromatic rings. The van der Waals surface area contributed by atoms with Gasteiger partial charge in [0.05, 0.1) is 31.8 Å². The molecule has 0 spiro atoms. The van der Waals surface area contributed by atoms with Crippen molar-refractivity contribution in [3.63, 3.8) is 0 Å². The van der Waals surface area contributed by atoms with E-state index in [1.165, 1.54) is 7.11 Å². The second-order valence-corrected chi connectivity index (χ2v) is 8.99. The molecule has 1 saturated carbocycles. The van der Waals surface area contributed by atoms with Crippen LogP contribution in [0.15, 0.2) is 0 Å². The van der Waals surface area contributed by atoms with Crippen LogP contribution in [0.5, 0.6) is 0 Å². The Morgan fingerprint density at radius 1 is 0.955 bits per heavy atom. The normalized spacial score (nSPS) is 20.1. The third kappa shape index (κ3) is 7.84. The van der Waals surface area contributed by atoms with Gasteiger partial charge in [-0.3, -0.25) is 8.37 Å². The van der Waals surface area contributed by atoms with Crippen molar-refractivity contribution >= 4 is 20.2 Å². The smallest absolute Gasteiger partial charge is 0.264 e. The SMILES string of the molecule is COCOC1CCC(COS(C)(=O)=O)(COS(C)(=O)=O)CC1. The standard InChI is InChI=1S/C12H24O8S2/c1-17-10-18-11-4-6-12(7-5-11,8-19-21(2,13)14)9-20-22(3,15)16/h11H,4-10H2,1-3H3. The second kappa shape index (κ2) is 8.02. The molecule has 1 rings (SSSR count). The fourth-order valence-electron chi connectivity index (χ4n) is 2.33. The number of ether oxygens (including phenoxy) is 2. The maximum Gasteiger partial charge on any atom is 0.264 e. The Kier molecular flexibility index (Phi) is 7.21. The van der Waals surface area contributed by atoms with Gasteiger partial charge in [0.15, 0.2) is 0 Å². The highest BCUT2D eigenvalue weighted by atomic mass is 32.2. The van der Waals surface area contributed by atoms with Crippen molar-refractivity contribution in [2.24, 2.45) is 5.41 Å². The van der Waals surface area contributed by atoms with Crippen LogP contribution in [0.25, 0.3) is 0 Å². The Morgan fingerprint density at radius 2 is 1.41 bits per heavy atom. The molecule has 10 heteroatoms. The molecule has 0 N–H and O–H groups in total. The quantitative estimate of drug-likeness (QED) is 0.432. The predicted octanol–water partition coefficient (Wildman–Crippen LogP) is 0.488. The van der Waals surface area contributed by atoms with E-state index in [9.17, 15) is 16.8 Å². The first-order chi connectivity index (χ1) is 10.1. The highest BCUT2D eigenvalue weighted by Crippen LogP contribution is 2.38. The van der Waals surface area contributed by atoms with Crippen LogP contribution in [-0.2, 0) is 38.1 Å². The van der Waals surface area contributed by atoms with Crippen LogP contribution >= 0.6 is 0 Å². The third-order valence-electron chi connectivity index (χ3n) is 3.57. The van der Waals surface area contributed by atoms with Crippen LogP contribution in [-0.4, -0.2) is 62.6 Å². The van der Waals surface area contributed by atoms with Crippen LogP contribution < -0.4 is 0 Å². The summed E-state index contributed by atoms with van der Waals surface area (Å²) in [4.78, 5) is 0. The Hall–Kier alpha value is -0.260. The first-order valence-corrected chi connectivity index (χ1v) is 10.5. The van der Waals surface area contributed by atoms with Gasteiger partial charge in [0.2, 0.25) is 0 Å². The van der Waals surface area contributed by atoms with Crippen LogP contribution in [0, 0.1) is 5.41 Å². The van der Waals surface area contributed by atoms with Crippen molar-refractivity contribution in [1.82, 2.24) is 0 Å². The number of methoxy groups -OCH3 is 1. The number of hydrogen-bond acceptors (Lipinski definition) is 8. The molecule has 1 fully saturated rings. The molecule has 0 heterocycles. The summed E-state index contributed by atoms with van der Waals surface area (Å²) in [6, 6.07) is 0.